The average Bonchev–Trinajstić information content (AvgIpc) is 2.46. The first-order valence-corrected chi connectivity index (χ1v) is 6.47. The summed E-state index contributed by atoms with van der Waals surface area (Å²) in [4.78, 5) is 2.09. The van der Waals surface area contributed by atoms with Gasteiger partial charge in [-0.15, -0.1) is 0 Å². The summed E-state index contributed by atoms with van der Waals surface area (Å²) >= 11 is 0. The average molecular weight is 283 g/mol. The normalized spacial score (nSPS) is 18.6. The maximum Gasteiger partial charge on any atom is 0.401 e. The fourth-order valence-electron chi connectivity index (χ4n) is 2.38. The number of nitriles is 1. The maximum absolute atomic E-state index is 12.3. The molecule has 3 nitrogen and oxygen atoms in total. The molecule has 0 unspecified atom stereocenters. The number of nitrogens with one attached hydrogen (secondary N) is 1. The highest BCUT2D eigenvalue weighted by molar-refractivity contribution is 5.46. The number of alkyl halides is 3. The van der Waals surface area contributed by atoms with Crippen molar-refractivity contribution >= 4 is 5.69 Å². The van der Waals surface area contributed by atoms with Gasteiger partial charge in [-0.3, -0.25) is 5.32 Å². The van der Waals surface area contributed by atoms with Crippen molar-refractivity contribution in [3.8, 4) is 6.07 Å². The molecule has 1 aliphatic heterocycles. The van der Waals surface area contributed by atoms with E-state index in [1.165, 1.54) is 0 Å². The molecule has 1 aliphatic rings. The standard InChI is InChI=1S/C14H16F3N3/c15-14(16,17)11-19-13(10-18)6-8-20(9-7-13)12-4-2-1-3-5-12/h1-5,19H,6-9,11H2. The minimum atomic E-state index is -4.29. The van der Waals surface area contributed by atoms with Gasteiger partial charge in [0.15, 0.2) is 0 Å². The second-order valence-corrected chi connectivity index (χ2v) is 4.99. The summed E-state index contributed by atoms with van der Waals surface area (Å²) in [6, 6.07) is 11.7. The summed E-state index contributed by atoms with van der Waals surface area (Å²) in [6.45, 7) is 0.0246. The molecule has 0 atom stereocenters. The predicted octanol–water partition coefficient (Wildman–Crippen LogP) is 2.70. The Labute approximate surface area is 116 Å². The maximum atomic E-state index is 12.3. The number of piperidine rings is 1. The van der Waals surface area contributed by atoms with Crippen molar-refractivity contribution in [3.63, 3.8) is 0 Å². The van der Waals surface area contributed by atoms with E-state index in [4.69, 9.17) is 0 Å². The molecule has 20 heavy (non-hydrogen) atoms. The molecule has 2 rings (SSSR count). The Morgan fingerprint density at radius 3 is 2.30 bits per heavy atom. The molecule has 1 N–H and O–H groups in total. The van der Waals surface area contributed by atoms with Crippen LogP contribution in [-0.4, -0.2) is 31.3 Å². The minimum Gasteiger partial charge on any atom is -0.371 e. The lowest BCUT2D eigenvalue weighted by atomic mass is 9.88. The van der Waals surface area contributed by atoms with E-state index in [-0.39, 0.29) is 0 Å². The van der Waals surface area contributed by atoms with Crippen LogP contribution in [-0.2, 0) is 0 Å². The van der Waals surface area contributed by atoms with Crippen LogP contribution in [0.1, 0.15) is 12.8 Å². The number of hydrogen-bond donors (Lipinski definition) is 1. The van der Waals surface area contributed by atoms with Crippen molar-refractivity contribution in [2.24, 2.45) is 0 Å². The molecular formula is C14H16F3N3. The van der Waals surface area contributed by atoms with E-state index in [1.54, 1.807) is 0 Å². The predicted molar refractivity (Wildman–Crippen MR) is 70.3 cm³/mol. The molecule has 0 spiro atoms. The van der Waals surface area contributed by atoms with Gasteiger partial charge < -0.3 is 4.90 Å². The highest BCUT2D eigenvalue weighted by Gasteiger charge is 2.38. The zero-order valence-corrected chi connectivity index (χ0v) is 11.0. The Hall–Kier alpha value is -1.74. The minimum absolute atomic E-state index is 0.383. The summed E-state index contributed by atoms with van der Waals surface area (Å²) in [6.07, 6.45) is -3.52. The molecule has 0 radical (unpaired) electrons. The molecule has 1 aromatic carbocycles. The molecule has 0 aromatic heterocycles. The van der Waals surface area contributed by atoms with Crippen LogP contribution in [0.5, 0.6) is 0 Å². The Morgan fingerprint density at radius 1 is 1.20 bits per heavy atom. The monoisotopic (exact) mass is 283 g/mol. The van der Waals surface area contributed by atoms with Gasteiger partial charge in [-0.05, 0) is 25.0 Å². The van der Waals surface area contributed by atoms with Crippen molar-refractivity contribution in [1.29, 1.82) is 5.26 Å². The number of nitrogens with zero attached hydrogens (tertiary/aromatic N) is 2. The third-order valence-corrected chi connectivity index (χ3v) is 3.58. The molecule has 1 aromatic rings. The van der Waals surface area contributed by atoms with Gasteiger partial charge in [-0.25, -0.2) is 0 Å². The Morgan fingerprint density at radius 2 is 1.80 bits per heavy atom. The molecule has 108 valence electrons. The number of para-hydroxylation sites is 1. The van der Waals surface area contributed by atoms with Gasteiger partial charge in [0.25, 0.3) is 0 Å². The lowest BCUT2D eigenvalue weighted by Crippen LogP contribution is -2.54. The van der Waals surface area contributed by atoms with Crippen LogP contribution in [0.2, 0.25) is 0 Å². The van der Waals surface area contributed by atoms with Gasteiger partial charge >= 0.3 is 6.18 Å². The summed E-state index contributed by atoms with van der Waals surface area (Å²) in [5.74, 6) is 0. The molecule has 0 bridgehead atoms. The van der Waals surface area contributed by atoms with Gasteiger partial charge in [0, 0.05) is 18.8 Å². The van der Waals surface area contributed by atoms with Gasteiger partial charge in [-0.1, -0.05) is 18.2 Å². The Bertz CT molecular complexity index is 471. The Balaban J connectivity index is 1.96. The lowest BCUT2D eigenvalue weighted by molar-refractivity contribution is -0.128. The number of hydrogen-bond acceptors (Lipinski definition) is 3. The quantitative estimate of drug-likeness (QED) is 0.927. The molecule has 0 saturated carbocycles. The SMILES string of the molecule is N#CC1(NCC(F)(F)F)CCN(c2ccccc2)CC1. The van der Waals surface area contributed by atoms with Crippen LogP contribution in [0.15, 0.2) is 30.3 Å². The number of benzene rings is 1. The highest BCUT2D eigenvalue weighted by atomic mass is 19.4. The molecule has 6 heteroatoms. The molecule has 0 amide bonds. The molecule has 1 heterocycles. The third-order valence-electron chi connectivity index (χ3n) is 3.58. The van der Waals surface area contributed by atoms with Crippen LogP contribution in [0.3, 0.4) is 0 Å². The third kappa shape index (κ3) is 3.64. The van der Waals surface area contributed by atoms with Crippen LogP contribution in [0.4, 0.5) is 18.9 Å². The van der Waals surface area contributed by atoms with Gasteiger partial charge in [-0.2, -0.15) is 18.4 Å². The molecule has 0 aliphatic carbocycles. The van der Waals surface area contributed by atoms with Crippen LogP contribution >= 0.6 is 0 Å². The van der Waals surface area contributed by atoms with Crippen molar-refractivity contribution in [2.45, 2.75) is 24.6 Å². The van der Waals surface area contributed by atoms with Gasteiger partial charge in [0.2, 0.25) is 0 Å². The summed E-state index contributed by atoms with van der Waals surface area (Å²) in [7, 11) is 0. The first kappa shape index (κ1) is 14.7. The molecular weight excluding hydrogens is 267 g/mol. The zero-order chi connectivity index (χ0) is 14.6. The fraction of sp³-hybridized carbons (Fsp3) is 0.500. The van der Waals surface area contributed by atoms with Crippen molar-refractivity contribution in [3.05, 3.63) is 30.3 Å². The summed E-state index contributed by atoms with van der Waals surface area (Å²) in [5, 5.41) is 11.6. The zero-order valence-electron chi connectivity index (χ0n) is 11.0. The van der Waals surface area contributed by atoms with E-state index in [2.05, 4.69) is 10.2 Å². The largest absolute Gasteiger partial charge is 0.401 e. The summed E-state index contributed by atoms with van der Waals surface area (Å²) in [5.41, 5.74) is -0.0317. The Kier molecular flexibility index (Phi) is 4.19. The second kappa shape index (κ2) is 5.71. The number of halogens is 3. The lowest BCUT2D eigenvalue weighted by Gasteiger charge is -2.39. The first-order chi connectivity index (χ1) is 9.44. The number of rotatable bonds is 3. The van der Waals surface area contributed by atoms with Gasteiger partial charge in [0.1, 0.15) is 5.54 Å². The fourth-order valence-corrected chi connectivity index (χ4v) is 2.38. The van der Waals surface area contributed by atoms with Gasteiger partial charge in [0.05, 0.1) is 12.6 Å². The van der Waals surface area contributed by atoms with Crippen molar-refractivity contribution in [2.75, 3.05) is 24.5 Å². The highest BCUT2D eigenvalue weighted by Crippen LogP contribution is 2.27. The van der Waals surface area contributed by atoms with Crippen LogP contribution in [0, 0.1) is 11.3 Å². The molecule has 1 fully saturated rings. The summed E-state index contributed by atoms with van der Waals surface area (Å²) < 4.78 is 36.8. The van der Waals surface area contributed by atoms with E-state index < -0.39 is 18.3 Å². The smallest absolute Gasteiger partial charge is 0.371 e. The topological polar surface area (TPSA) is 39.1 Å². The first-order valence-electron chi connectivity index (χ1n) is 6.47. The van der Waals surface area contributed by atoms with Crippen molar-refractivity contribution < 1.29 is 13.2 Å². The van der Waals surface area contributed by atoms with E-state index >= 15 is 0 Å². The van der Waals surface area contributed by atoms with E-state index in [1.807, 2.05) is 36.4 Å². The number of anilines is 1. The van der Waals surface area contributed by atoms with E-state index in [0.717, 1.165) is 5.69 Å². The van der Waals surface area contributed by atoms with Crippen LogP contribution in [0.25, 0.3) is 0 Å². The molecule has 1 saturated heterocycles. The second-order valence-electron chi connectivity index (χ2n) is 4.99. The van der Waals surface area contributed by atoms with E-state index in [0.29, 0.717) is 25.9 Å². The van der Waals surface area contributed by atoms with Crippen LogP contribution < -0.4 is 10.2 Å². The van der Waals surface area contributed by atoms with Crippen molar-refractivity contribution in [1.82, 2.24) is 5.32 Å². The van der Waals surface area contributed by atoms with E-state index in [9.17, 15) is 18.4 Å².